The zero-order valence-corrected chi connectivity index (χ0v) is 12.0. The molecule has 0 radical (unpaired) electrons. The van der Waals surface area contributed by atoms with Gasteiger partial charge >= 0.3 is 0 Å². The first kappa shape index (κ1) is 14.2. The molecule has 1 aliphatic rings. The second-order valence-electron chi connectivity index (χ2n) is 4.51. The molecular formula is C17H19NO2. The molecule has 0 bridgehead atoms. The molecule has 0 saturated heterocycles. The van der Waals surface area contributed by atoms with Crippen molar-refractivity contribution in [2.24, 2.45) is 0 Å². The lowest BCUT2D eigenvalue weighted by Crippen LogP contribution is -2.31. The molecule has 0 spiro atoms. The van der Waals surface area contributed by atoms with Gasteiger partial charge in [0.05, 0.1) is 0 Å². The summed E-state index contributed by atoms with van der Waals surface area (Å²) in [5.74, 6) is 6.64. The third-order valence-corrected chi connectivity index (χ3v) is 3.24. The van der Waals surface area contributed by atoms with Crippen molar-refractivity contribution in [3.8, 4) is 17.6 Å². The topological polar surface area (TPSA) is 29.5 Å². The molecule has 1 aliphatic heterocycles. The molecule has 1 aromatic carbocycles. The maximum absolute atomic E-state index is 11.9. The van der Waals surface area contributed by atoms with Crippen molar-refractivity contribution in [2.75, 3.05) is 13.2 Å². The predicted molar refractivity (Wildman–Crippen MR) is 80.0 cm³/mol. The SMILES string of the molecule is CC#CCOc1ccc(C2=CCCC(=O)N2CC)cc1. The molecular weight excluding hydrogens is 250 g/mol. The first-order valence-corrected chi connectivity index (χ1v) is 6.89. The van der Waals surface area contributed by atoms with E-state index in [9.17, 15) is 4.79 Å². The summed E-state index contributed by atoms with van der Waals surface area (Å²) in [6.45, 7) is 4.89. The predicted octanol–water partition coefficient (Wildman–Crippen LogP) is 3.07. The molecule has 104 valence electrons. The number of carbonyl (C=O) groups is 1. The Bertz CT molecular complexity index is 561. The fourth-order valence-electron chi connectivity index (χ4n) is 2.25. The van der Waals surface area contributed by atoms with Crippen LogP contribution in [0.4, 0.5) is 0 Å². The van der Waals surface area contributed by atoms with E-state index in [1.165, 1.54) is 0 Å². The van der Waals surface area contributed by atoms with Crippen LogP contribution in [0.1, 0.15) is 32.3 Å². The molecule has 3 heteroatoms. The molecule has 1 aromatic rings. The number of rotatable bonds is 4. The first-order valence-electron chi connectivity index (χ1n) is 6.89. The summed E-state index contributed by atoms with van der Waals surface area (Å²) in [4.78, 5) is 13.7. The second kappa shape index (κ2) is 6.81. The molecule has 1 heterocycles. The van der Waals surface area contributed by atoms with Crippen molar-refractivity contribution in [2.45, 2.75) is 26.7 Å². The van der Waals surface area contributed by atoms with E-state index in [1.807, 2.05) is 36.1 Å². The van der Waals surface area contributed by atoms with Crippen LogP contribution in [0.2, 0.25) is 0 Å². The average molecular weight is 269 g/mol. The van der Waals surface area contributed by atoms with E-state index in [0.29, 0.717) is 19.6 Å². The van der Waals surface area contributed by atoms with E-state index in [0.717, 1.165) is 23.4 Å². The van der Waals surface area contributed by atoms with E-state index < -0.39 is 0 Å². The maximum Gasteiger partial charge on any atom is 0.227 e. The molecule has 20 heavy (non-hydrogen) atoms. The lowest BCUT2D eigenvalue weighted by Gasteiger charge is -2.27. The summed E-state index contributed by atoms with van der Waals surface area (Å²) in [5, 5.41) is 0. The van der Waals surface area contributed by atoms with Crippen LogP contribution in [0.15, 0.2) is 30.3 Å². The normalized spacial score (nSPS) is 14.4. The van der Waals surface area contributed by atoms with Crippen LogP contribution < -0.4 is 4.74 Å². The zero-order chi connectivity index (χ0) is 14.4. The molecule has 0 aromatic heterocycles. The Kier molecular flexibility index (Phi) is 4.84. The Labute approximate surface area is 120 Å². The molecule has 0 aliphatic carbocycles. The number of ether oxygens (including phenoxy) is 1. The summed E-state index contributed by atoms with van der Waals surface area (Å²) in [7, 11) is 0. The summed E-state index contributed by atoms with van der Waals surface area (Å²) < 4.78 is 5.49. The minimum absolute atomic E-state index is 0.198. The van der Waals surface area contributed by atoms with Crippen LogP contribution in [-0.4, -0.2) is 24.0 Å². The minimum atomic E-state index is 0.198. The van der Waals surface area contributed by atoms with Gasteiger partial charge in [-0.2, -0.15) is 0 Å². The van der Waals surface area contributed by atoms with Gasteiger partial charge in [-0.1, -0.05) is 12.0 Å². The van der Waals surface area contributed by atoms with Crippen molar-refractivity contribution in [1.82, 2.24) is 4.90 Å². The second-order valence-corrected chi connectivity index (χ2v) is 4.51. The third kappa shape index (κ3) is 3.21. The van der Waals surface area contributed by atoms with Crippen LogP contribution in [0, 0.1) is 11.8 Å². The van der Waals surface area contributed by atoms with Gasteiger partial charge in [-0.15, -0.1) is 5.92 Å². The van der Waals surface area contributed by atoms with Gasteiger partial charge in [0.25, 0.3) is 0 Å². The number of benzene rings is 1. The molecule has 2 rings (SSSR count). The van der Waals surface area contributed by atoms with Crippen LogP contribution in [0.25, 0.3) is 5.70 Å². The quantitative estimate of drug-likeness (QED) is 0.786. The molecule has 0 saturated carbocycles. The Morgan fingerprint density at radius 3 is 2.70 bits per heavy atom. The number of amides is 1. The van der Waals surface area contributed by atoms with Crippen LogP contribution in [0.5, 0.6) is 5.75 Å². The summed E-state index contributed by atoms with van der Waals surface area (Å²) in [6.07, 6.45) is 3.55. The number of nitrogens with zero attached hydrogens (tertiary/aromatic N) is 1. The summed E-state index contributed by atoms with van der Waals surface area (Å²) >= 11 is 0. The lowest BCUT2D eigenvalue weighted by atomic mass is 10.0. The van der Waals surface area contributed by atoms with Gasteiger partial charge in [-0.3, -0.25) is 4.79 Å². The van der Waals surface area contributed by atoms with Crippen molar-refractivity contribution in [3.05, 3.63) is 35.9 Å². The highest BCUT2D eigenvalue weighted by atomic mass is 16.5. The van der Waals surface area contributed by atoms with Crippen LogP contribution in [0.3, 0.4) is 0 Å². The van der Waals surface area contributed by atoms with Crippen LogP contribution in [-0.2, 0) is 4.79 Å². The lowest BCUT2D eigenvalue weighted by molar-refractivity contribution is -0.128. The molecule has 3 nitrogen and oxygen atoms in total. The van der Waals surface area contributed by atoms with Gasteiger partial charge in [0.1, 0.15) is 12.4 Å². The summed E-state index contributed by atoms with van der Waals surface area (Å²) in [6, 6.07) is 7.81. The highest BCUT2D eigenvalue weighted by molar-refractivity contribution is 5.89. The smallest absolute Gasteiger partial charge is 0.227 e. The summed E-state index contributed by atoms with van der Waals surface area (Å²) in [5.41, 5.74) is 2.05. The van der Waals surface area contributed by atoms with Crippen molar-refractivity contribution < 1.29 is 9.53 Å². The Hall–Kier alpha value is -2.21. The van der Waals surface area contributed by atoms with E-state index in [1.54, 1.807) is 6.92 Å². The Morgan fingerprint density at radius 1 is 1.30 bits per heavy atom. The highest BCUT2D eigenvalue weighted by Gasteiger charge is 2.20. The standard InChI is InChI=1S/C17H19NO2/c1-3-5-13-20-15-11-9-14(10-12-15)16-7-6-8-17(19)18(16)4-2/h7,9-12H,4,6,8,13H2,1-2H3. The monoisotopic (exact) mass is 269 g/mol. The minimum Gasteiger partial charge on any atom is -0.481 e. The van der Waals surface area contributed by atoms with Gasteiger partial charge in [-0.25, -0.2) is 0 Å². The zero-order valence-electron chi connectivity index (χ0n) is 12.0. The number of hydrogen-bond acceptors (Lipinski definition) is 2. The number of hydrogen-bond donors (Lipinski definition) is 0. The average Bonchev–Trinajstić information content (AvgIpc) is 2.48. The fourth-order valence-corrected chi connectivity index (χ4v) is 2.25. The van der Waals surface area contributed by atoms with Crippen LogP contribution >= 0.6 is 0 Å². The first-order chi connectivity index (χ1) is 9.76. The van der Waals surface area contributed by atoms with Crippen molar-refractivity contribution in [3.63, 3.8) is 0 Å². The van der Waals surface area contributed by atoms with E-state index in [2.05, 4.69) is 17.9 Å². The van der Waals surface area contributed by atoms with Crippen molar-refractivity contribution in [1.29, 1.82) is 0 Å². The van der Waals surface area contributed by atoms with Gasteiger partial charge < -0.3 is 9.64 Å². The molecule has 0 fully saturated rings. The molecule has 0 unspecified atom stereocenters. The van der Waals surface area contributed by atoms with Crippen molar-refractivity contribution >= 4 is 11.6 Å². The van der Waals surface area contributed by atoms with Gasteiger partial charge in [-0.05, 0) is 50.1 Å². The number of carbonyl (C=O) groups excluding carboxylic acids is 1. The van der Waals surface area contributed by atoms with Gasteiger partial charge in [0.2, 0.25) is 5.91 Å². The Morgan fingerprint density at radius 2 is 2.05 bits per heavy atom. The fraction of sp³-hybridized carbons (Fsp3) is 0.353. The number of allylic oxidation sites excluding steroid dienone is 1. The third-order valence-electron chi connectivity index (χ3n) is 3.24. The Balaban J connectivity index is 2.14. The van der Waals surface area contributed by atoms with Gasteiger partial charge in [0.15, 0.2) is 0 Å². The molecule has 0 N–H and O–H groups in total. The van der Waals surface area contributed by atoms with E-state index in [4.69, 9.17) is 4.74 Å². The van der Waals surface area contributed by atoms with E-state index in [-0.39, 0.29) is 5.91 Å². The van der Waals surface area contributed by atoms with Gasteiger partial charge in [0, 0.05) is 18.7 Å². The highest BCUT2D eigenvalue weighted by Crippen LogP contribution is 2.26. The molecule has 1 amide bonds. The largest absolute Gasteiger partial charge is 0.481 e. The van der Waals surface area contributed by atoms with E-state index >= 15 is 0 Å². The molecule has 0 atom stereocenters. The maximum atomic E-state index is 11.9.